The van der Waals surface area contributed by atoms with E-state index in [0.29, 0.717) is 0 Å². The van der Waals surface area contributed by atoms with Crippen molar-refractivity contribution in [3.8, 4) is 0 Å². The second kappa shape index (κ2) is 6.35. The number of methoxy groups -OCH3 is 1. The van der Waals surface area contributed by atoms with E-state index in [1.165, 1.54) is 19.3 Å². The molecule has 2 atom stereocenters. The van der Waals surface area contributed by atoms with Crippen molar-refractivity contribution in [2.75, 3.05) is 7.11 Å². The Bertz CT molecular complexity index is 117. The molecule has 78 valence electrons. The topological polar surface area (TPSA) is 27.7 Å². The van der Waals surface area contributed by atoms with Crippen LogP contribution in [0.4, 0.5) is 0 Å². The highest BCUT2D eigenvalue weighted by atomic mass is 17.2. The molecule has 1 fully saturated rings. The van der Waals surface area contributed by atoms with Gasteiger partial charge in [-0.3, -0.25) is 0 Å². The molecule has 0 aliphatic carbocycles. The lowest BCUT2D eigenvalue weighted by Crippen LogP contribution is -2.28. The van der Waals surface area contributed by atoms with E-state index in [2.05, 4.69) is 6.92 Å². The molecule has 1 rings (SSSR count). The van der Waals surface area contributed by atoms with Crippen LogP contribution in [0, 0.1) is 0 Å². The second-order valence-electron chi connectivity index (χ2n) is 3.55. The molecule has 0 amide bonds. The normalized spacial score (nSPS) is 29.1. The van der Waals surface area contributed by atoms with E-state index in [0.717, 1.165) is 19.3 Å². The van der Waals surface area contributed by atoms with Crippen molar-refractivity contribution in [3.63, 3.8) is 0 Å². The summed E-state index contributed by atoms with van der Waals surface area (Å²) >= 11 is 0. The minimum atomic E-state index is -0.151. The molecule has 3 nitrogen and oxygen atoms in total. The third kappa shape index (κ3) is 4.07. The van der Waals surface area contributed by atoms with Gasteiger partial charge in [0.15, 0.2) is 6.29 Å². The zero-order valence-corrected chi connectivity index (χ0v) is 8.62. The molecule has 0 aromatic carbocycles. The lowest BCUT2D eigenvalue weighted by Gasteiger charge is -2.26. The molecule has 0 bridgehead atoms. The van der Waals surface area contributed by atoms with Gasteiger partial charge in [0.25, 0.3) is 0 Å². The van der Waals surface area contributed by atoms with Crippen LogP contribution in [0.1, 0.15) is 45.4 Å². The van der Waals surface area contributed by atoms with Crippen LogP contribution < -0.4 is 0 Å². The van der Waals surface area contributed by atoms with Gasteiger partial charge in [0.05, 0.1) is 6.10 Å². The van der Waals surface area contributed by atoms with Crippen molar-refractivity contribution in [1.29, 1.82) is 0 Å². The highest BCUT2D eigenvalue weighted by Crippen LogP contribution is 2.20. The fourth-order valence-corrected chi connectivity index (χ4v) is 1.53. The Morgan fingerprint density at radius 3 is 2.62 bits per heavy atom. The van der Waals surface area contributed by atoms with E-state index < -0.39 is 0 Å². The highest BCUT2D eigenvalue weighted by Gasteiger charge is 2.22. The summed E-state index contributed by atoms with van der Waals surface area (Å²) in [5.41, 5.74) is 0. The fraction of sp³-hybridized carbons (Fsp3) is 1.00. The van der Waals surface area contributed by atoms with Gasteiger partial charge in [-0.25, -0.2) is 9.78 Å². The molecule has 0 aromatic heterocycles. The zero-order chi connectivity index (χ0) is 9.52. The molecule has 0 saturated carbocycles. The largest absolute Gasteiger partial charge is 0.353 e. The highest BCUT2D eigenvalue weighted by molar-refractivity contribution is 4.61. The SMILES string of the molecule is CCCCC[C@H]1CC[C@H](OC)OO1. The molecule has 1 saturated heterocycles. The molecule has 1 aliphatic rings. The Kier molecular flexibility index (Phi) is 5.35. The lowest BCUT2D eigenvalue weighted by molar-refractivity contribution is -0.418. The Balaban J connectivity index is 2.03. The number of ether oxygens (including phenoxy) is 1. The zero-order valence-electron chi connectivity index (χ0n) is 8.62. The van der Waals surface area contributed by atoms with E-state index in [4.69, 9.17) is 14.5 Å². The first-order valence-electron chi connectivity index (χ1n) is 5.21. The number of hydrogen-bond acceptors (Lipinski definition) is 3. The van der Waals surface area contributed by atoms with Crippen molar-refractivity contribution in [3.05, 3.63) is 0 Å². The summed E-state index contributed by atoms with van der Waals surface area (Å²) in [5.74, 6) is 0. The van der Waals surface area contributed by atoms with Gasteiger partial charge in [0.1, 0.15) is 0 Å². The Labute approximate surface area is 80.3 Å². The van der Waals surface area contributed by atoms with Crippen LogP contribution in [0.2, 0.25) is 0 Å². The van der Waals surface area contributed by atoms with E-state index in [-0.39, 0.29) is 12.4 Å². The number of hydrogen-bond donors (Lipinski definition) is 0. The lowest BCUT2D eigenvalue weighted by atomic mass is 10.1. The van der Waals surface area contributed by atoms with Crippen LogP contribution in [0.3, 0.4) is 0 Å². The predicted molar refractivity (Wildman–Crippen MR) is 50.1 cm³/mol. The summed E-state index contributed by atoms with van der Waals surface area (Å²) < 4.78 is 5.02. The first-order chi connectivity index (χ1) is 6.36. The van der Waals surface area contributed by atoms with Gasteiger partial charge in [-0.2, -0.15) is 0 Å². The summed E-state index contributed by atoms with van der Waals surface area (Å²) in [6, 6.07) is 0. The second-order valence-corrected chi connectivity index (χ2v) is 3.55. The standard InChI is InChI=1S/C10H20O3/c1-3-4-5-6-9-7-8-10(11-2)13-12-9/h9-10H,3-8H2,1-2H3/t9-,10+/m0/s1. The monoisotopic (exact) mass is 188 g/mol. The number of unbranched alkanes of at least 4 members (excludes halogenated alkanes) is 2. The van der Waals surface area contributed by atoms with Crippen LogP contribution in [0.25, 0.3) is 0 Å². The smallest absolute Gasteiger partial charge is 0.190 e. The molecule has 0 aromatic rings. The molecule has 1 heterocycles. The maximum absolute atomic E-state index is 5.20. The Morgan fingerprint density at radius 2 is 2.08 bits per heavy atom. The Morgan fingerprint density at radius 1 is 1.23 bits per heavy atom. The molecule has 0 N–H and O–H groups in total. The molecule has 0 spiro atoms. The minimum Gasteiger partial charge on any atom is -0.353 e. The average Bonchev–Trinajstić information content (AvgIpc) is 2.19. The van der Waals surface area contributed by atoms with Crippen LogP contribution in [-0.2, 0) is 14.5 Å². The van der Waals surface area contributed by atoms with Gasteiger partial charge in [-0.05, 0) is 12.8 Å². The van der Waals surface area contributed by atoms with Crippen molar-refractivity contribution in [2.45, 2.75) is 57.8 Å². The summed E-state index contributed by atoms with van der Waals surface area (Å²) in [6.07, 6.45) is 7.05. The summed E-state index contributed by atoms with van der Waals surface area (Å²) in [4.78, 5) is 10.3. The molecular weight excluding hydrogens is 168 g/mol. The fourth-order valence-electron chi connectivity index (χ4n) is 1.53. The van der Waals surface area contributed by atoms with Gasteiger partial charge in [0.2, 0.25) is 0 Å². The van der Waals surface area contributed by atoms with Crippen LogP contribution in [0.5, 0.6) is 0 Å². The number of rotatable bonds is 5. The average molecular weight is 188 g/mol. The maximum Gasteiger partial charge on any atom is 0.190 e. The third-order valence-electron chi connectivity index (χ3n) is 2.42. The van der Waals surface area contributed by atoms with Gasteiger partial charge >= 0.3 is 0 Å². The van der Waals surface area contributed by atoms with Gasteiger partial charge in [0, 0.05) is 13.5 Å². The molecule has 0 radical (unpaired) electrons. The molecule has 0 unspecified atom stereocenters. The minimum absolute atomic E-state index is 0.151. The summed E-state index contributed by atoms with van der Waals surface area (Å²) in [5, 5.41) is 0. The quantitative estimate of drug-likeness (QED) is 0.490. The first kappa shape index (κ1) is 11.0. The maximum atomic E-state index is 5.20. The van der Waals surface area contributed by atoms with Gasteiger partial charge in [-0.1, -0.05) is 26.2 Å². The van der Waals surface area contributed by atoms with Gasteiger partial charge < -0.3 is 4.74 Å². The summed E-state index contributed by atoms with van der Waals surface area (Å²) in [7, 11) is 1.64. The third-order valence-corrected chi connectivity index (χ3v) is 2.42. The molecule has 3 heteroatoms. The van der Waals surface area contributed by atoms with E-state index in [1.807, 2.05) is 0 Å². The first-order valence-corrected chi connectivity index (χ1v) is 5.21. The van der Waals surface area contributed by atoms with Crippen molar-refractivity contribution in [2.24, 2.45) is 0 Å². The van der Waals surface area contributed by atoms with E-state index in [9.17, 15) is 0 Å². The predicted octanol–water partition coefficient (Wildman–Crippen LogP) is 2.65. The van der Waals surface area contributed by atoms with Crippen LogP contribution in [-0.4, -0.2) is 19.5 Å². The molecule has 1 aliphatic heterocycles. The van der Waals surface area contributed by atoms with Crippen molar-refractivity contribution >= 4 is 0 Å². The molecular formula is C10H20O3. The van der Waals surface area contributed by atoms with Gasteiger partial charge in [-0.15, -0.1) is 0 Å². The summed E-state index contributed by atoms with van der Waals surface area (Å²) in [6.45, 7) is 2.21. The van der Waals surface area contributed by atoms with E-state index in [1.54, 1.807) is 7.11 Å². The van der Waals surface area contributed by atoms with Crippen LogP contribution >= 0.6 is 0 Å². The van der Waals surface area contributed by atoms with Crippen molar-refractivity contribution in [1.82, 2.24) is 0 Å². The van der Waals surface area contributed by atoms with Crippen LogP contribution in [0.15, 0.2) is 0 Å². The van der Waals surface area contributed by atoms with Crippen molar-refractivity contribution < 1.29 is 14.5 Å². The van der Waals surface area contributed by atoms with E-state index >= 15 is 0 Å². The molecule has 13 heavy (non-hydrogen) atoms. The Hall–Kier alpha value is -0.120.